The minimum atomic E-state index is -0.0575. The normalized spacial score (nSPS) is 16.9. The van der Waals surface area contributed by atoms with E-state index in [2.05, 4.69) is 15.5 Å². The van der Waals surface area contributed by atoms with Gasteiger partial charge >= 0.3 is 0 Å². The highest BCUT2D eigenvalue weighted by atomic mass is 32.2. The fourth-order valence-corrected chi connectivity index (χ4v) is 2.17. The van der Waals surface area contributed by atoms with E-state index in [4.69, 9.17) is 9.47 Å². The van der Waals surface area contributed by atoms with E-state index in [1.165, 1.54) is 11.8 Å². The zero-order valence-corrected chi connectivity index (χ0v) is 11.4. The molecular weight excluding hydrogens is 266 g/mol. The van der Waals surface area contributed by atoms with Crippen LogP contribution in [0.4, 0.5) is 0 Å². The minimum absolute atomic E-state index is 0.0575. The molecular formula is C12H13N3O3S. The molecule has 1 aromatic rings. The summed E-state index contributed by atoms with van der Waals surface area (Å²) in [6.45, 7) is 0. The van der Waals surface area contributed by atoms with E-state index in [0.717, 1.165) is 5.56 Å². The zero-order valence-electron chi connectivity index (χ0n) is 10.5. The van der Waals surface area contributed by atoms with Gasteiger partial charge in [-0.15, -0.1) is 5.10 Å². The Morgan fingerprint density at radius 3 is 2.84 bits per heavy atom. The monoisotopic (exact) mass is 279 g/mol. The van der Waals surface area contributed by atoms with Crippen LogP contribution in [0.2, 0.25) is 0 Å². The Bertz CT molecular complexity index is 543. The first kappa shape index (κ1) is 13.4. The lowest BCUT2D eigenvalue weighted by atomic mass is 10.2. The van der Waals surface area contributed by atoms with Gasteiger partial charge in [-0.05, 0) is 12.1 Å². The van der Waals surface area contributed by atoms with Crippen molar-refractivity contribution in [3.63, 3.8) is 0 Å². The van der Waals surface area contributed by atoms with Crippen LogP contribution in [-0.2, 0) is 4.79 Å². The Kier molecular flexibility index (Phi) is 4.40. The molecule has 2 rings (SSSR count). The molecule has 0 aromatic heterocycles. The second-order valence-corrected chi connectivity index (χ2v) is 4.53. The maximum absolute atomic E-state index is 11.0. The Labute approximate surface area is 114 Å². The number of carbonyl (C=O) groups is 1. The van der Waals surface area contributed by atoms with E-state index in [-0.39, 0.29) is 5.91 Å². The number of carbonyl (C=O) groups excluding carboxylic acids is 1. The van der Waals surface area contributed by atoms with Gasteiger partial charge in [-0.25, -0.2) is 0 Å². The summed E-state index contributed by atoms with van der Waals surface area (Å²) in [4.78, 5) is 11.0. The van der Waals surface area contributed by atoms with Gasteiger partial charge in [0.1, 0.15) is 0 Å². The third-order valence-corrected chi connectivity index (χ3v) is 3.23. The van der Waals surface area contributed by atoms with Gasteiger partial charge in [-0.1, -0.05) is 17.8 Å². The maximum Gasteiger partial charge on any atom is 0.236 e. The van der Waals surface area contributed by atoms with Crippen LogP contribution < -0.4 is 14.8 Å². The quantitative estimate of drug-likeness (QED) is 0.665. The zero-order chi connectivity index (χ0) is 13.7. The van der Waals surface area contributed by atoms with Crippen molar-refractivity contribution in [3.8, 4) is 11.5 Å². The van der Waals surface area contributed by atoms with E-state index in [0.29, 0.717) is 22.4 Å². The van der Waals surface area contributed by atoms with Crippen LogP contribution in [0, 0.1) is 0 Å². The molecule has 0 radical (unpaired) electrons. The summed E-state index contributed by atoms with van der Waals surface area (Å²) in [5.41, 5.74) is 0.750. The molecule has 0 aliphatic carbocycles. The Hall–Kier alpha value is -2.02. The van der Waals surface area contributed by atoms with Crippen LogP contribution in [0.5, 0.6) is 11.5 Å². The van der Waals surface area contributed by atoms with Crippen molar-refractivity contribution in [2.75, 3.05) is 20.0 Å². The number of hydrogen-bond acceptors (Lipinski definition) is 6. The van der Waals surface area contributed by atoms with E-state index in [1.807, 2.05) is 12.1 Å². The third-order valence-electron chi connectivity index (χ3n) is 2.37. The molecule has 1 saturated heterocycles. The van der Waals surface area contributed by atoms with Crippen LogP contribution in [0.15, 0.2) is 28.4 Å². The summed E-state index contributed by atoms with van der Waals surface area (Å²) in [6.07, 6.45) is 1.55. The number of methoxy groups -OCH3 is 2. The van der Waals surface area contributed by atoms with Crippen molar-refractivity contribution in [2.45, 2.75) is 0 Å². The smallest absolute Gasteiger partial charge is 0.236 e. The average Bonchev–Trinajstić information content (AvgIpc) is 2.84. The highest BCUT2D eigenvalue weighted by Gasteiger charge is 2.16. The summed E-state index contributed by atoms with van der Waals surface area (Å²) in [7, 11) is 3.14. The van der Waals surface area contributed by atoms with Crippen LogP contribution in [0.25, 0.3) is 0 Å². The summed E-state index contributed by atoms with van der Waals surface area (Å²) in [5.74, 6) is 1.55. The second kappa shape index (κ2) is 6.24. The SMILES string of the molecule is COc1cccc(C=NN=C2NC(=O)CS2)c1OC. The summed E-state index contributed by atoms with van der Waals surface area (Å²) < 4.78 is 10.5. The standard InChI is InChI=1S/C12H13N3O3S/c1-17-9-5-3-4-8(11(9)18-2)6-13-15-12-14-10(16)7-19-12/h3-6H,7H2,1-2H3,(H,14,15,16). The number of nitrogens with zero attached hydrogens (tertiary/aromatic N) is 2. The number of amides is 1. The molecule has 6 nitrogen and oxygen atoms in total. The predicted octanol–water partition coefficient (Wildman–Crippen LogP) is 1.26. The fourth-order valence-electron chi connectivity index (χ4n) is 1.54. The summed E-state index contributed by atoms with van der Waals surface area (Å²) in [5, 5.41) is 11.0. The third kappa shape index (κ3) is 3.25. The molecule has 1 aromatic carbocycles. The molecule has 1 heterocycles. The molecule has 1 fully saturated rings. The molecule has 0 spiro atoms. The first-order valence-electron chi connectivity index (χ1n) is 5.49. The number of benzene rings is 1. The molecule has 1 amide bonds. The van der Waals surface area contributed by atoms with Gasteiger partial charge in [0.2, 0.25) is 5.91 Å². The van der Waals surface area contributed by atoms with E-state index < -0.39 is 0 Å². The van der Waals surface area contributed by atoms with Crippen molar-refractivity contribution in [1.82, 2.24) is 5.32 Å². The first-order valence-corrected chi connectivity index (χ1v) is 6.48. The molecule has 0 bridgehead atoms. The van der Waals surface area contributed by atoms with E-state index >= 15 is 0 Å². The molecule has 1 aliphatic rings. The maximum atomic E-state index is 11.0. The van der Waals surface area contributed by atoms with Gasteiger partial charge in [0, 0.05) is 5.56 Å². The number of para-hydroxylation sites is 1. The predicted molar refractivity (Wildman–Crippen MR) is 75.2 cm³/mol. The number of rotatable bonds is 4. The van der Waals surface area contributed by atoms with Crippen LogP contribution in [0.1, 0.15) is 5.56 Å². The molecule has 0 unspecified atom stereocenters. The Morgan fingerprint density at radius 2 is 2.21 bits per heavy atom. The highest BCUT2D eigenvalue weighted by Crippen LogP contribution is 2.29. The van der Waals surface area contributed by atoms with E-state index in [1.54, 1.807) is 26.5 Å². The Morgan fingerprint density at radius 1 is 1.37 bits per heavy atom. The molecule has 100 valence electrons. The number of hydrogen-bond donors (Lipinski definition) is 1. The van der Waals surface area contributed by atoms with Gasteiger partial charge in [-0.2, -0.15) is 5.10 Å². The topological polar surface area (TPSA) is 72.3 Å². The van der Waals surface area contributed by atoms with Crippen molar-refractivity contribution in [1.29, 1.82) is 0 Å². The molecule has 0 atom stereocenters. The molecule has 1 aliphatic heterocycles. The van der Waals surface area contributed by atoms with Gasteiger partial charge < -0.3 is 14.8 Å². The summed E-state index contributed by atoms with van der Waals surface area (Å²) in [6, 6.07) is 5.47. The van der Waals surface area contributed by atoms with Crippen LogP contribution >= 0.6 is 11.8 Å². The molecule has 0 saturated carbocycles. The number of amidine groups is 1. The Balaban J connectivity index is 2.17. The molecule has 1 N–H and O–H groups in total. The minimum Gasteiger partial charge on any atom is -0.493 e. The average molecular weight is 279 g/mol. The highest BCUT2D eigenvalue weighted by molar-refractivity contribution is 8.15. The molecule has 7 heteroatoms. The van der Waals surface area contributed by atoms with Gasteiger partial charge in [-0.3, -0.25) is 4.79 Å². The lowest BCUT2D eigenvalue weighted by Gasteiger charge is -2.08. The lowest BCUT2D eigenvalue weighted by Crippen LogP contribution is -2.19. The van der Waals surface area contributed by atoms with Crippen molar-refractivity contribution < 1.29 is 14.3 Å². The number of thioether (sulfide) groups is 1. The van der Waals surface area contributed by atoms with Gasteiger partial charge in [0.25, 0.3) is 0 Å². The van der Waals surface area contributed by atoms with Gasteiger partial charge in [0.15, 0.2) is 16.7 Å². The van der Waals surface area contributed by atoms with Crippen molar-refractivity contribution in [3.05, 3.63) is 23.8 Å². The lowest BCUT2D eigenvalue weighted by molar-refractivity contribution is -0.116. The first-order chi connectivity index (χ1) is 9.24. The fraction of sp³-hybridized carbons (Fsp3) is 0.250. The van der Waals surface area contributed by atoms with E-state index in [9.17, 15) is 4.79 Å². The van der Waals surface area contributed by atoms with Gasteiger partial charge in [0.05, 0.1) is 26.2 Å². The van der Waals surface area contributed by atoms with Crippen molar-refractivity contribution >= 4 is 29.1 Å². The van der Waals surface area contributed by atoms with Crippen molar-refractivity contribution in [2.24, 2.45) is 10.2 Å². The molecule has 19 heavy (non-hydrogen) atoms. The number of ether oxygens (including phenoxy) is 2. The second-order valence-electron chi connectivity index (χ2n) is 3.57. The van der Waals surface area contributed by atoms with Crippen LogP contribution in [-0.4, -0.2) is 37.3 Å². The van der Waals surface area contributed by atoms with Crippen LogP contribution in [0.3, 0.4) is 0 Å². The summed E-state index contributed by atoms with van der Waals surface area (Å²) >= 11 is 1.32. The number of nitrogens with one attached hydrogen (secondary N) is 1. The largest absolute Gasteiger partial charge is 0.493 e.